The van der Waals surface area contributed by atoms with Gasteiger partial charge in [0.25, 0.3) is 0 Å². The zero-order chi connectivity index (χ0) is 37.6. The van der Waals surface area contributed by atoms with Crippen LogP contribution in [-0.4, -0.2) is 83.1 Å². The SMILES string of the molecule is CC(C)[Si](C#Cc1cccc2c(F)c(O)cc(-c3ncc4c(N5C[C@H]6C[C@@]6(N)C5)nc(OC[C@@]56CCCN5C[C@H](F)C6)nc4c3F)c12)(C(C)C)C(C)C. The summed E-state index contributed by atoms with van der Waals surface area (Å²) in [5, 5.41) is 11.7. The lowest BCUT2D eigenvalue weighted by molar-refractivity contribution is 0.107. The summed E-state index contributed by atoms with van der Waals surface area (Å²) in [5.74, 6) is 2.06. The van der Waals surface area contributed by atoms with E-state index in [9.17, 15) is 9.50 Å². The smallest absolute Gasteiger partial charge is 0.319 e. The molecule has 0 unspecified atom stereocenters. The van der Waals surface area contributed by atoms with Gasteiger partial charge in [-0.2, -0.15) is 9.97 Å². The number of rotatable bonds is 8. The van der Waals surface area contributed by atoms with Crippen molar-refractivity contribution in [2.24, 2.45) is 11.7 Å². The highest BCUT2D eigenvalue weighted by Crippen LogP contribution is 2.50. The maximum Gasteiger partial charge on any atom is 0.319 e. The molecule has 4 aliphatic rings. The fourth-order valence-corrected chi connectivity index (χ4v) is 15.4. The van der Waals surface area contributed by atoms with Crippen LogP contribution in [0.1, 0.15) is 72.8 Å². The first-order valence-electron chi connectivity index (χ1n) is 19.1. The molecule has 280 valence electrons. The van der Waals surface area contributed by atoms with Crippen LogP contribution in [0.15, 0.2) is 30.5 Å². The van der Waals surface area contributed by atoms with Crippen LogP contribution in [0.25, 0.3) is 32.9 Å². The number of benzene rings is 2. The molecule has 3 saturated heterocycles. The molecule has 0 bridgehead atoms. The fraction of sp³-hybridized carbons (Fsp3) is 0.537. The summed E-state index contributed by atoms with van der Waals surface area (Å²) < 4.78 is 53.8. The van der Waals surface area contributed by atoms with Crippen molar-refractivity contribution in [2.45, 2.75) is 101 Å². The van der Waals surface area contributed by atoms with Crippen LogP contribution in [0.4, 0.5) is 19.0 Å². The Bertz CT molecular complexity index is 2170. The fourth-order valence-electron chi connectivity index (χ4n) is 10.2. The van der Waals surface area contributed by atoms with Gasteiger partial charge >= 0.3 is 6.01 Å². The number of fused-ring (bicyclic) bond motifs is 4. The van der Waals surface area contributed by atoms with Crippen molar-refractivity contribution >= 4 is 35.6 Å². The molecule has 0 amide bonds. The third-order valence-corrected chi connectivity index (χ3v) is 19.3. The molecule has 2 aromatic heterocycles. The number of aromatic nitrogens is 3. The number of nitrogens with two attached hydrogens (primary N) is 1. The van der Waals surface area contributed by atoms with Crippen molar-refractivity contribution in [3.05, 3.63) is 47.7 Å². The van der Waals surface area contributed by atoms with Crippen LogP contribution in [0.3, 0.4) is 0 Å². The van der Waals surface area contributed by atoms with Gasteiger partial charge in [0.05, 0.1) is 10.9 Å². The van der Waals surface area contributed by atoms with E-state index in [0.29, 0.717) is 70.8 Å². The van der Waals surface area contributed by atoms with E-state index in [4.69, 9.17) is 15.5 Å². The van der Waals surface area contributed by atoms with Crippen molar-refractivity contribution in [2.75, 3.05) is 37.7 Å². The number of nitrogens with zero attached hydrogens (tertiary/aromatic N) is 5. The maximum atomic E-state index is 17.2. The Labute approximate surface area is 310 Å². The van der Waals surface area contributed by atoms with E-state index >= 15 is 8.78 Å². The molecule has 0 radical (unpaired) electrons. The largest absolute Gasteiger partial charge is 0.505 e. The van der Waals surface area contributed by atoms with E-state index in [2.05, 4.69) is 67.9 Å². The van der Waals surface area contributed by atoms with Crippen LogP contribution in [0.2, 0.25) is 16.6 Å². The molecule has 5 heterocycles. The Morgan fingerprint density at radius 2 is 1.79 bits per heavy atom. The Kier molecular flexibility index (Phi) is 8.74. The van der Waals surface area contributed by atoms with Crippen molar-refractivity contribution < 1.29 is 23.0 Å². The molecule has 3 N–H and O–H groups in total. The standard InChI is InChI=1S/C41H49F3N6O2Si/c1-23(2)53(24(3)4,25(5)6)14-11-26-9-7-10-29-33(26)30(15-32(51)34(29)43)36-35(44)37-31(18-46-36)38(49-19-27-16-41(27,45)21-49)48-39(47-37)52-22-40-12-8-13-50(40)20-28(42)17-40/h7,9-10,15,18,23-25,27-28,51H,8,12-13,16-17,19-22,45H2,1-6H3/t27-,28-,40+,41-/m1/s1. The van der Waals surface area contributed by atoms with Crippen molar-refractivity contribution in [1.29, 1.82) is 0 Å². The maximum absolute atomic E-state index is 17.2. The van der Waals surface area contributed by atoms with Crippen LogP contribution < -0.4 is 15.4 Å². The van der Waals surface area contributed by atoms with Crippen molar-refractivity contribution in [3.8, 4) is 34.5 Å². The number of phenols is 1. The number of piperidine rings is 1. The zero-order valence-corrected chi connectivity index (χ0v) is 32.4. The van der Waals surface area contributed by atoms with Gasteiger partial charge in [0.2, 0.25) is 0 Å². The van der Waals surface area contributed by atoms with Crippen LogP contribution in [0.5, 0.6) is 11.8 Å². The molecular weight excluding hydrogens is 694 g/mol. The second kappa shape index (κ2) is 12.8. The number of halogens is 3. The predicted octanol–water partition coefficient (Wildman–Crippen LogP) is 7.89. The molecule has 4 fully saturated rings. The quantitative estimate of drug-likeness (QED) is 0.139. The molecule has 3 aliphatic heterocycles. The van der Waals surface area contributed by atoms with E-state index in [1.165, 1.54) is 12.3 Å². The number of anilines is 1. The lowest BCUT2D eigenvalue weighted by Gasteiger charge is -2.38. The van der Waals surface area contributed by atoms with Crippen LogP contribution in [0, 0.1) is 29.0 Å². The van der Waals surface area contributed by atoms with Gasteiger partial charge in [0.15, 0.2) is 17.4 Å². The molecule has 1 saturated carbocycles. The van der Waals surface area contributed by atoms with Crippen LogP contribution in [-0.2, 0) is 0 Å². The highest BCUT2D eigenvalue weighted by atomic mass is 28.3. The molecule has 4 aromatic rings. The number of aromatic hydroxyl groups is 1. The Morgan fingerprint density at radius 1 is 1.04 bits per heavy atom. The molecule has 53 heavy (non-hydrogen) atoms. The van der Waals surface area contributed by atoms with Crippen LogP contribution >= 0.6 is 0 Å². The average molecular weight is 743 g/mol. The summed E-state index contributed by atoms with van der Waals surface area (Å²) >= 11 is 0. The number of hydrogen-bond donors (Lipinski definition) is 2. The minimum Gasteiger partial charge on any atom is -0.505 e. The summed E-state index contributed by atoms with van der Waals surface area (Å²) in [7, 11) is -2.19. The number of hydrogen-bond acceptors (Lipinski definition) is 8. The molecule has 8 nitrogen and oxygen atoms in total. The number of ether oxygens (including phenoxy) is 1. The molecule has 4 atom stereocenters. The van der Waals surface area contributed by atoms with Gasteiger partial charge in [-0.25, -0.2) is 13.2 Å². The van der Waals surface area contributed by atoms with E-state index in [1.807, 2.05) is 11.0 Å². The van der Waals surface area contributed by atoms with Gasteiger partial charge in [-0.15, -0.1) is 5.54 Å². The molecule has 0 spiro atoms. The Balaban J connectivity index is 1.28. The summed E-state index contributed by atoms with van der Waals surface area (Å²) in [6.07, 6.45) is 3.68. The summed E-state index contributed by atoms with van der Waals surface area (Å²) in [4.78, 5) is 18.2. The summed E-state index contributed by atoms with van der Waals surface area (Å²) in [5.41, 5.74) is 11.3. The molecule has 8 rings (SSSR count). The van der Waals surface area contributed by atoms with Gasteiger partial charge in [-0.1, -0.05) is 59.6 Å². The second-order valence-corrected chi connectivity index (χ2v) is 22.6. The summed E-state index contributed by atoms with van der Waals surface area (Å²) in [6, 6.07) is 6.32. The predicted molar refractivity (Wildman–Crippen MR) is 206 cm³/mol. The van der Waals surface area contributed by atoms with Gasteiger partial charge in [-0.3, -0.25) is 9.88 Å². The first-order chi connectivity index (χ1) is 25.2. The zero-order valence-electron chi connectivity index (χ0n) is 31.4. The normalized spacial score (nSPS) is 25.5. The lowest BCUT2D eigenvalue weighted by atomic mass is 9.95. The van der Waals surface area contributed by atoms with Crippen molar-refractivity contribution in [1.82, 2.24) is 19.9 Å². The summed E-state index contributed by atoms with van der Waals surface area (Å²) in [6.45, 7) is 16.0. The van der Waals surface area contributed by atoms with Gasteiger partial charge < -0.3 is 20.5 Å². The molecule has 12 heteroatoms. The van der Waals surface area contributed by atoms with E-state index in [1.54, 1.807) is 12.1 Å². The molecule has 2 aromatic carbocycles. The highest BCUT2D eigenvalue weighted by molar-refractivity contribution is 6.90. The van der Waals surface area contributed by atoms with E-state index in [0.717, 1.165) is 25.8 Å². The third kappa shape index (κ3) is 5.76. The number of phenolic OH excluding ortho intramolecular Hbond substituents is 1. The van der Waals surface area contributed by atoms with Crippen molar-refractivity contribution in [3.63, 3.8) is 0 Å². The first kappa shape index (κ1) is 36.1. The Hall–Kier alpha value is -3.92. The highest BCUT2D eigenvalue weighted by Gasteiger charge is 2.58. The molecular formula is C41H49F3N6O2Si. The minimum atomic E-state index is -2.19. The van der Waals surface area contributed by atoms with E-state index in [-0.39, 0.29) is 40.3 Å². The minimum absolute atomic E-state index is 0.00514. The lowest BCUT2D eigenvalue weighted by Crippen LogP contribution is -2.43. The monoisotopic (exact) mass is 742 g/mol. The average Bonchev–Trinajstić information content (AvgIpc) is 3.34. The van der Waals surface area contributed by atoms with E-state index < -0.39 is 37.2 Å². The topological polar surface area (TPSA) is 101 Å². The van der Waals surface area contributed by atoms with Gasteiger partial charge in [0, 0.05) is 59.7 Å². The second-order valence-electron chi connectivity index (χ2n) is 17.0. The molecule has 1 aliphatic carbocycles. The first-order valence-corrected chi connectivity index (χ1v) is 21.3. The third-order valence-electron chi connectivity index (χ3n) is 13.0. The number of alkyl halides is 1. The van der Waals surface area contributed by atoms with Gasteiger partial charge in [0.1, 0.15) is 37.9 Å². The van der Waals surface area contributed by atoms with Gasteiger partial charge in [-0.05, 0) is 60.5 Å². The number of pyridine rings is 1. The Morgan fingerprint density at radius 3 is 2.49 bits per heavy atom.